The summed E-state index contributed by atoms with van der Waals surface area (Å²) in [5.74, 6) is 0. The molecule has 0 amide bonds. The molecule has 0 fully saturated rings. The molecule has 0 unspecified atom stereocenters. The van der Waals surface area contributed by atoms with E-state index in [1.807, 2.05) is 18.4 Å². The van der Waals surface area contributed by atoms with Crippen molar-refractivity contribution in [2.45, 2.75) is 25.5 Å². The fraction of sp³-hybridized carbons (Fsp3) is 0.600. The second-order valence-electron chi connectivity index (χ2n) is 3.43. The van der Waals surface area contributed by atoms with Gasteiger partial charge in [-0.1, -0.05) is 0 Å². The smallest absolute Gasteiger partial charge is 0.107 e. The molecule has 0 spiro atoms. The maximum Gasteiger partial charge on any atom is 0.107 e. The van der Waals surface area contributed by atoms with E-state index in [9.17, 15) is 0 Å². The second kappa shape index (κ2) is 3.78. The van der Waals surface area contributed by atoms with Crippen molar-refractivity contribution in [3.05, 3.63) is 21.9 Å². The highest BCUT2D eigenvalue weighted by Crippen LogP contribution is 2.33. The van der Waals surface area contributed by atoms with Gasteiger partial charge < -0.3 is 10.1 Å². The Hall–Kier alpha value is -0.380. The van der Waals surface area contributed by atoms with Gasteiger partial charge in [0.25, 0.3) is 0 Å². The molecule has 2 rings (SSSR count). The van der Waals surface area contributed by atoms with Gasteiger partial charge in [0.05, 0.1) is 6.61 Å². The monoisotopic (exact) mass is 197 g/mol. The van der Waals surface area contributed by atoms with Crippen LogP contribution in [0.4, 0.5) is 0 Å². The molecule has 2 atom stereocenters. The number of rotatable bonds is 2. The molecule has 1 aliphatic heterocycles. The quantitative estimate of drug-likeness (QED) is 0.782. The van der Waals surface area contributed by atoms with E-state index in [1.54, 1.807) is 0 Å². The van der Waals surface area contributed by atoms with Gasteiger partial charge in [-0.2, -0.15) is 0 Å². The van der Waals surface area contributed by atoms with Gasteiger partial charge in [0.1, 0.15) is 6.10 Å². The first kappa shape index (κ1) is 9.19. The van der Waals surface area contributed by atoms with E-state index in [2.05, 4.69) is 23.7 Å². The minimum Gasteiger partial charge on any atom is -0.371 e. The molecule has 1 N–H and O–H groups in total. The fourth-order valence-electron chi connectivity index (χ4n) is 1.70. The standard InChI is InChI=1S/C10H15NOS/c1-7(11-2)9-10-8(3-5-12-9)4-6-13-10/h4,6-7,9,11H,3,5H2,1-2H3/t7-,9+/m1/s1. The summed E-state index contributed by atoms with van der Waals surface area (Å²) in [4.78, 5) is 1.41. The lowest BCUT2D eigenvalue weighted by Crippen LogP contribution is -2.32. The number of hydrogen-bond acceptors (Lipinski definition) is 3. The van der Waals surface area contributed by atoms with Gasteiger partial charge >= 0.3 is 0 Å². The molecule has 0 radical (unpaired) electrons. The molecule has 1 aromatic rings. The number of ether oxygens (including phenoxy) is 1. The highest BCUT2D eigenvalue weighted by molar-refractivity contribution is 7.10. The zero-order valence-electron chi connectivity index (χ0n) is 8.04. The van der Waals surface area contributed by atoms with Crippen LogP contribution in [0.15, 0.2) is 11.4 Å². The van der Waals surface area contributed by atoms with Crippen molar-refractivity contribution in [2.24, 2.45) is 0 Å². The summed E-state index contributed by atoms with van der Waals surface area (Å²) >= 11 is 1.81. The van der Waals surface area contributed by atoms with Crippen LogP contribution in [0, 0.1) is 0 Å². The summed E-state index contributed by atoms with van der Waals surface area (Å²) in [5, 5.41) is 5.41. The van der Waals surface area contributed by atoms with Crippen molar-refractivity contribution in [3.8, 4) is 0 Å². The van der Waals surface area contributed by atoms with Gasteiger partial charge in [-0.25, -0.2) is 0 Å². The van der Waals surface area contributed by atoms with E-state index in [1.165, 1.54) is 10.4 Å². The number of likely N-dealkylation sites (N-methyl/N-ethyl adjacent to an activating group) is 1. The van der Waals surface area contributed by atoms with Crippen molar-refractivity contribution >= 4 is 11.3 Å². The van der Waals surface area contributed by atoms with Crippen LogP contribution >= 0.6 is 11.3 Å². The summed E-state index contributed by atoms with van der Waals surface area (Å²) in [6.45, 7) is 3.03. The number of thiophene rings is 1. The molecule has 0 saturated heterocycles. The summed E-state index contributed by atoms with van der Waals surface area (Å²) in [5.41, 5.74) is 1.48. The van der Waals surface area contributed by atoms with Crippen LogP contribution in [0.25, 0.3) is 0 Å². The van der Waals surface area contributed by atoms with Crippen LogP contribution in [0.2, 0.25) is 0 Å². The Morgan fingerprint density at radius 3 is 3.31 bits per heavy atom. The van der Waals surface area contributed by atoms with Crippen LogP contribution in [0.1, 0.15) is 23.5 Å². The molecule has 13 heavy (non-hydrogen) atoms. The average Bonchev–Trinajstić information content (AvgIpc) is 2.63. The second-order valence-corrected chi connectivity index (χ2v) is 4.38. The maximum absolute atomic E-state index is 5.76. The number of fused-ring (bicyclic) bond motifs is 1. The first-order chi connectivity index (χ1) is 6.33. The SMILES string of the molecule is CN[C@H](C)[C@@H]1OCCc2ccsc21. The largest absolute Gasteiger partial charge is 0.371 e. The van der Waals surface area contributed by atoms with Gasteiger partial charge in [-0.05, 0) is 37.4 Å². The van der Waals surface area contributed by atoms with Gasteiger partial charge in [-0.15, -0.1) is 11.3 Å². The van der Waals surface area contributed by atoms with Gasteiger partial charge in [-0.3, -0.25) is 0 Å². The lowest BCUT2D eigenvalue weighted by Gasteiger charge is -2.27. The minimum absolute atomic E-state index is 0.258. The molecule has 3 heteroatoms. The predicted molar refractivity (Wildman–Crippen MR) is 55.2 cm³/mol. The van der Waals surface area contributed by atoms with Crippen LogP contribution in [-0.2, 0) is 11.2 Å². The summed E-state index contributed by atoms with van der Waals surface area (Å²) in [6.07, 6.45) is 1.33. The van der Waals surface area contributed by atoms with Crippen LogP contribution in [0.3, 0.4) is 0 Å². The zero-order chi connectivity index (χ0) is 9.26. The molecule has 1 aliphatic rings. The third-order valence-electron chi connectivity index (χ3n) is 2.62. The van der Waals surface area contributed by atoms with Crippen molar-refractivity contribution in [1.82, 2.24) is 5.32 Å². The summed E-state index contributed by atoms with van der Waals surface area (Å²) in [6, 6.07) is 2.62. The fourth-order valence-corrected chi connectivity index (χ4v) is 2.80. The average molecular weight is 197 g/mol. The van der Waals surface area contributed by atoms with E-state index in [-0.39, 0.29) is 6.10 Å². The molecule has 0 aliphatic carbocycles. The Kier molecular flexibility index (Phi) is 2.67. The van der Waals surface area contributed by atoms with Crippen molar-refractivity contribution in [2.75, 3.05) is 13.7 Å². The molecule has 0 bridgehead atoms. The van der Waals surface area contributed by atoms with Crippen LogP contribution in [0.5, 0.6) is 0 Å². The third kappa shape index (κ3) is 1.64. The summed E-state index contributed by atoms with van der Waals surface area (Å²) in [7, 11) is 1.98. The number of hydrogen-bond donors (Lipinski definition) is 1. The first-order valence-corrected chi connectivity index (χ1v) is 5.56. The molecule has 2 nitrogen and oxygen atoms in total. The third-order valence-corrected chi connectivity index (χ3v) is 3.64. The van der Waals surface area contributed by atoms with Crippen molar-refractivity contribution in [1.29, 1.82) is 0 Å². The molecular formula is C10H15NOS. The molecular weight excluding hydrogens is 182 g/mol. The Bertz CT molecular complexity index is 284. The number of nitrogens with one attached hydrogen (secondary N) is 1. The van der Waals surface area contributed by atoms with Crippen LogP contribution in [-0.4, -0.2) is 19.7 Å². The van der Waals surface area contributed by atoms with Crippen molar-refractivity contribution < 1.29 is 4.74 Å². The Balaban J connectivity index is 2.24. The summed E-state index contributed by atoms with van der Waals surface area (Å²) < 4.78 is 5.76. The normalized spacial score (nSPS) is 24.0. The zero-order valence-corrected chi connectivity index (χ0v) is 8.86. The van der Waals surface area contributed by atoms with E-state index in [0.29, 0.717) is 6.04 Å². The van der Waals surface area contributed by atoms with Gasteiger partial charge in [0.2, 0.25) is 0 Å². The highest BCUT2D eigenvalue weighted by atomic mass is 32.1. The predicted octanol–water partition coefficient (Wildman–Crippen LogP) is 1.97. The van der Waals surface area contributed by atoms with E-state index in [0.717, 1.165) is 13.0 Å². The molecule has 0 saturated carbocycles. The van der Waals surface area contributed by atoms with Crippen molar-refractivity contribution in [3.63, 3.8) is 0 Å². The molecule has 1 aromatic heterocycles. The van der Waals surface area contributed by atoms with E-state index >= 15 is 0 Å². The van der Waals surface area contributed by atoms with E-state index < -0.39 is 0 Å². The Labute approximate surface area is 82.9 Å². The van der Waals surface area contributed by atoms with Gasteiger partial charge in [0, 0.05) is 10.9 Å². The lowest BCUT2D eigenvalue weighted by molar-refractivity contribution is 0.0245. The van der Waals surface area contributed by atoms with E-state index in [4.69, 9.17) is 4.74 Å². The van der Waals surface area contributed by atoms with Crippen LogP contribution < -0.4 is 5.32 Å². The Morgan fingerprint density at radius 2 is 2.54 bits per heavy atom. The molecule has 0 aromatic carbocycles. The highest BCUT2D eigenvalue weighted by Gasteiger charge is 2.26. The molecule has 2 heterocycles. The maximum atomic E-state index is 5.76. The first-order valence-electron chi connectivity index (χ1n) is 4.68. The molecule has 72 valence electrons. The Morgan fingerprint density at radius 1 is 1.69 bits per heavy atom. The topological polar surface area (TPSA) is 21.3 Å². The lowest BCUT2D eigenvalue weighted by atomic mass is 10.0. The minimum atomic E-state index is 0.258. The van der Waals surface area contributed by atoms with Gasteiger partial charge in [0.15, 0.2) is 0 Å².